The van der Waals surface area contributed by atoms with Crippen molar-refractivity contribution in [3.63, 3.8) is 0 Å². The zero-order chi connectivity index (χ0) is 25.1. The third-order valence-corrected chi connectivity index (χ3v) is 6.09. The lowest BCUT2D eigenvalue weighted by Gasteiger charge is -2.54. The fourth-order valence-corrected chi connectivity index (χ4v) is 4.48. The van der Waals surface area contributed by atoms with E-state index in [0.29, 0.717) is 5.56 Å². The maximum absolute atomic E-state index is 13.3. The van der Waals surface area contributed by atoms with Crippen LogP contribution in [0.2, 0.25) is 0 Å². The molecule has 2 fully saturated rings. The number of hydrogen-bond acceptors (Lipinski definition) is 5. The Labute approximate surface area is 201 Å². The standard InChI is InChI=1S/C24H26FN5O5/c1-27-15-21(31)29-19(11-22(32)33)23(34)28(13-17-5-3-2-4-6-17)14-20(29)30(27)24(35)26-12-16-7-9-18(25)10-8-16/h2-10,19-20H,11-15H2,1H3,(H,26,35)(H,32,33)/t19-,20-/m0/s1. The molecule has 0 spiro atoms. The molecule has 2 aliphatic heterocycles. The molecule has 0 aliphatic carbocycles. The van der Waals surface area contributed by atoms with Gasteiger partial charge in [-0.15, -0.1) is 0 Å². The number of urea groups is 1. The molecule has 2 atom stereocenters. The maximum Gasteiger partial charge on any atom is 0.334 e. The van der Waals surface area contributed by atoms with E-state index >= 15 is 0 Å². The molecule has 2 N–H and O–H groups in total. The molecule has 0 bridgehead atoms. The molecule has 0 radical (unpaired) electrons. The third kappa shape index (κ3) is 5.24. The average molecular weight is 484 g/mol. The van der Waals surface area contributed by atoms with Crippen LogP contribution in [-0.4, -0.2) is 81.1 Å². The fraction of sp³-hybridized carbons (Fsp3) is 0.333. The summed E-state index contributed by atoms with van der Waals surface area (Å²) in [4.78, 5) is 53.7. The summed E-state index contributed by atoms with van der Waals surface area (Å²) in [5.74, 6) is -2.52. The number of carbonyl (C=O) groups excluding carboxylic acids is 3. The number of fused-ring (bicyclic) bond motifs is 1. The van der Waals surface area contributed by atoms with Crippen LogP contribution in [0.4, 0.5) is 9.18 Å². The van der Waals surface area contributed by atoms with E-state index in [2.05, 4.69) is 5.32 Å². The number of nitrogens with zero attached hydrogens (tertiary/aromatic N) is 4. The quantitative estimate of drug-likeness (QED) is 0.639. The molecule has 184 valence electrons. The molecule has 0 aromatic heterocycles. The second kappa shape index (κ2) is 10.1. The summed E-state index contributed by atoms with van der Waals surface area (Å²) < 4.78 is 13.2. The van der Waals surface area contributed by atoms with Gasteiger partial charge in [0.25, 0.3) is 0 Å². The lowest BCUT2D eigenvalue weighted by atomic mass is 10.0. The Hall–Kier alpha value is -3.99. The number of benzene rings is 2. The van der Waals surface area contributed by atoms with Crippen molar-refractivity contribution in [2.45, 2.75) is 31.7 Å². The van der Waals surface area contributed by atoms with Crippen molar-refractivity contribution in [3.05, 3.63) is 71.5 Å². The Bertz CT molecular complexity index is 1110. The van der Waals surface area contributed by atoms with Crippen LogP contribution < -0.4 is 5.32 Å². The Morgan fingerprint density at radius 2 is 1.74 bits per heavy atom. The SMILES string of the molecule is CN1CC(=O)N2[C@@H](CC(=O)O)C(=O)N(Cc3ccccc3)C[C@@H]2N1C(=O)NCc1ccc(F)cc1. The van der Waals surface area contributed by atoms with E-state index in [1.165, 1.54) is 32.0 Å². The zero-order valence-electron chi connectivity index (χ0n) is 19.1. The van der Waals surface area contributed by atoms with Crippen LogP contribution in [0.15, 0.2) is 54.6 Å². The minimum absolute atomic E-state index is 0.0178. The summed E-state index contributed by atoms with van der Waals surface area (Å²) >= 11 is 0. The van der Waals surface area contributed by atoms with Gasteiger partial charge in [-0.1, -0.05) is 42.5 Å². The molecule has 4 rings (SSSR count). The number of rotatable bonds is 6. The van der Waals surface area contributed by atoms with Crippen molar-refractivity contribution >= 4 is 23.8 Å². The predicted octanol–water partition coefficient (Wildman–Crippen LogP) is 1.24. The molecule has 2 heterocycles. The molecule has 11 heteroatoms. The van der Waals surface area contributed by atoms with E-state index in [0.717, 1.165) is 5.56 Å². The third-order valence-electron chi connectivity index (χ3n) is 6.09. The number of carbonyl (C=O) groups is 4. The van der Waals surface area contributed by atoms with Gasteiger partial charge < -0.3 is 20.2 Å². The van der Waals surface area contributed by atoms with Gasteiger partial charge in [0.2, 0.25) is 11.8 Å². The van der Waals surface area contributed by atoms with Crippen LogP contribution in [0, 0.1) is 5.82 Å². The Morgan fingerprint density at radius 3 is 2.40 bits per heavy atom. The molecule has 10 nitrogen and oxygen atoms in total. The highest BCUT2D eigenvalue weighted by molar-refractivity contribution is 5.93. The largest absolute Gasteiger partial charge is 0.481 e. The minimum atomic E-state index is -1.23. The van der Waals surface area contributed by atoms with Crippen molar-refractivity contribution in [2.24, 2.45) is 0 Å². The number of halogens is 1. The predicted molar refractivity (Wildman–Crippen MR) is 122 cm³/mol. The molecule has 4 amide bonds. The summed E-state index contributed by atoms with van der Waals surface area (Å²) in [7, 11) is 1.58. The molecule has 2 saturated heterocycles. The van der Waals surface area contributed by atoms with Crippen molar-refractivity contribution < 1.29 is 28.7 Å². The molecule has 0 saturated carbocycles. The van der Waals surface area contributed by atoms with Gasteiger partial charge in [0.1, 0.15) is 18.0 Å². The first-order chi connectivity index (χ1) is 16.7. The highest BCUT2D eigenvalue weighted by atomic mass is 19.1. The van der Waals surface area contributed by atoms with E-state index in [1.807, 2.05) is 30.3 Å². The summed E-state index contributed by atoms with van der Waals surface area (Å²) in [6, 6.07) is 13.1. The molecular weight excluding hydrogens is 457 g/mol. The molecule has 2 aromatic rings. The first-order valence-electron chi connectivity index (χ1n) is 11.1. The van der Waals surface area contributed by atoms with Gasteiger partial charge in [0, 0.05) is 20.1 Å². The van der Waals surface area contributed by atoms with E-state index in [-0.39, 0.29) is 32.0 Å². The summed E-state index contributed by atoms with van der Waals surface area (Å²) in [6.07, 6.45) is -1.46. The molecule has 0 unspecified atom stereocenters. The van der Waals surface area contributed by atoms with Crippen LogP contribution >= 0.6 is 0 Å². The molecule has 2 aromatic carbocycles. The maximum atomic E-state index is 13.3. The first-order valence-corrected chi connectivity index (χ1v) is 11.1. The highest BCUT2D eigenvalue weighted by Gasteiger charge is 2.51. The Kier molecular flexibility index (Phi) is 6.97. The van der Waals surface area contributed by atoms with Crippen LogP contribution in [0.1, 0.15) is 17.5 Å². The summed E-state index contributed by atoms with van der Waals surface area (Å²) in [6.45, 7) is 0.158. The van der Waals surface area contributed by atoms with Gasteiger partial charge in [-0.05, 0) is 23.3 Å². The Morgan fingerprint density at radius 1 is 1.06 bits per heavy atom. The molecule has 35 heavy (non-hydrogen) atoms. The molecular formula is C24H26FN5O5. The van der Waals surface area contributed by atoms with Gasteiger partial charge in [-0.3, -0.25) is 14.4 Å². The second-order valence-corrected chi connectivity index (χ2v) is 8.55. The van der Waals surface area contributed by atoms with Gasteiger partial charge in [-0.25, -0.2) is 19.2 Å². The van der Waals surface area contributed by atoms with Gasteiger partial charge in [0.05, 0.1) is 19.5 Å². The van der Waals surface area contributed by atoms with Crippen molar-refractivity contribution in [1.82, 2.24) is 25.1 Å². The smallest absolute Gasteiger partial charge is 0.334 e. The van der Waals surface area contributed by atoms with Crippen LogP contribution in [-0.2, 0) is 27.5 Å². The second-order valence-electron chi connectivity index (χ2n) is 8.55. The summed E-state index contributed by atoms with van der Waals surface area (Å²) in [5, 5.41) is 15.0. The average Bonchev–Trinajstić information content (AvgIpc) is 2.81. The minimum Gasteiger partial charge on any atom is -0.481 e. The highest BCUT2D eigenvalue weighted by Crippen LogP contribution is 2.28. The number of hydrazine groups is 1. The zero-order valence-corrected chi connectivity index (χ0v) is 19.1. The summed E-state index contributed by atoms with van der Waals surface area (Å²) in [5.41, 5.74) is 1.52. The van der Waals surface area contributed by atoms with Crippen molar-refractivity contribution in [2.75, 3.05) is 20.1 Å². The van der Waals surface area contributed by atoms with Crippen molar-refractivity contribution in [3.8, 4) is 0 Å². The van der Waals surface area contributed by atoms with Crippen molar-refractivity contribution in [1.29, 1.82) is 0 Å². The number of aliphatic carboxylic acids is 1. The van der Waals surface area contributed by atoms with Crippen LogP contribution in [0.5, 0.6) is 0 Å². The normalized spacial score (nSPS) is 20.6. The monoisotopic (exact) mass is 483 g/mol. The lowest BCUT2D eigenvalue weighted by Crippen LogP contribution is -2.76. The van der Waals surface area contributed by atoms with E-state index in [4.69, 9.17) is 0 Å². The lowest BCUT2D eigenvalue weighted by molar-refractivity contribution is -0.189. The van der Waals surface area contributed by atoms with Crippen LogP contribution in [0.25, 0.3) is 0 Å². The van der Waals surface area contributed by atoms with Gasteiger partial charge in [-0.2, -0.15) is 0 Å². The topological polar surface area (TPSA) is 114 Å². The number of likely N-dealkylation sites (N-methyl/N-ethyl adjacent to an activating group) is 1. The van der Waals surface area contributed by atoms with Crippen LogP contribution in [0.3, 0.4) is 0 Å². The van der Waals surface area contributed by atoms with E-state index < -0.39 is 42.4 Å². The van der Waals surface area contributed by atoms with E-state index in [1.54, 1.807) is 19.2 Å². The number of hydrogen-bond donors (Lipinski definition) is 2. The number of carboxylic acid groups (broad SMARTS) is 1. The first kappa shape index (κ1) is 24.1. The number of amides is 4. The van der Waals surface area contributed by atoms with E-state index in [9.17, 15) is 28.7 Å². The number of nitrogens with one attached hydrogen (secondary N) is 1. The van der Waals surface area contributed by atoms with Gasteiger partial charge >= 0.3 is 12.0 Å². The Balaban J connectivity index is 1.60. The number of carboxylic acids is 1. The van der Waals surface area contributed by atoms with Gasteiger partial charge in [0.15, 0.2) is 0 Å². The molecule has 2 aliphatic rings. The number of piperazine rings is 1. The fourth-order valence-electron chi connectivity index (χ4n) is 4.48.